The van der Waals surface area contributed by atoms with Gasteiger partial charge in [-0.3, -0.25) is 9.38 Å². The number of halogens is 3. The normalized spacial score (nSPS) is 14.3. The van der Waals surface area contributed by atoms with Crippen LogP contribution in [-0.4, -0.2) is 37.3 Å². The first kappa shape index (κ1) is 21.2. The van der Waals surface area contributed by atoms with Crippen molar-refractivity contribution < 1.29 is 13.2 Å². The van der Waals surface area contributed by atoms with Gasteiger partial charge in [0.2, 0.25) is 0 Å². The van der Waals surface area contributed by atoms with Crippen molar-refractivity contribution in [1.29, 1.82) is 0 Å². The number of benzene rings is 1. The first-order valence-electron chi connectivity index (χ1n) is 10.6. The van der Waals surface area contributed by atoms with Crippen molar-refractivity contribution in [2.75, 3.05) is 11.4 Å². The lowest BCUT2D eigenvalue weighted by Crippen LogP contribution is -2.30. The summed E-state index contributed by atoms with van der Waals surface area (Å²) in [7, 11) is 0. The third-order valence-electron chi connectivity index (χ3n) is 5.98. The molecule has 0 aliphatic carbocycles. The molecule has 0 amide bonds. The summed E-state index contributed by atoms with van der Waals surface area (Å²) >= 11 is 0. The molecular formula is C24H21F3N6. The second-order valence-electron chi connectivity index (χ2n) is 8.62. The zero-order chi connectivity index (χ0) is 23.4. The maximum Gasteiger partial charge on any atom is 0.404 e. The highest BCUT2D eigenvalue weighted by Crippen LogP contribution is 2.39. The van der Waals surface area contributed by atoms with E-state index in [0.717, 1.165) is 43.5 Å². The minimum atomic E-state index is -4.40. The van der Waals surface area contributed by atoms with Crippen LogP contribution in [0.2, 0.25) is 0 Å². The van der Waals surface area contributed by atoms with E-state index in [0.29, 0.717) is 35.0 Å². The van der Waals surface area contributed by atoms with Crippen LogP contribution in [0.25, 0.3) is 16.8 Å². The first-order chi connectivity index (χ1) is 15.7. The molecule has 1 aliphatic rings. The molecule has 0 N–H and O–H groups in total. The Morgan fingerprint density at radius 2 is 1.88 bits per heavy atom. The molecule has 0 fully saturated rings. The fourth-order valence-corrected chi connectivity index (χ4v) is 4.05. The number of rotatable bonds is 1. The molecular weight excluding hydrogens is 429 g/mol. The van der Waals surface area contributed by atoms with Gasteiger partial charge < -0.3 is 4.90 Å². The summed E-state index contributed by atoms with van der Waals surface area (Å²) in [5.41, 5.74) is 1.84. The van der Waals surface area contributed by atoms with Crippen LogP contribution in [0.15, 0.2) is 36.5 Å². The van der Waals surface area contributed by atoms with Gasteiger partial charge in [-0.1, -0.05) is 17.9 Å². The van der Waals surface area contributed by atoms with Crippen LogP contribution in [0.5, 0.6) is 0 Å². The molecule has 3 aromatic heterocycles. The van der Waals surface area contributed by atoms with E-state index in [4.69, 9.17) is 4.98 Å². The summed E-state index contributed by atoms with van der Waals surface area (Å²) < 4.78 is 41.8. The molecule has 0 bridgehead atoms. The van der Waals surface area contributed by atoms with Gasteiger partial charge >= 0.3 is 6.18 Å². The number of nitrogens with zero attached hydrogens (tertiary/aromatic N) is 6. The lowest BCUT2D eigenvalue weighted by atomic mass is 9.91. The van der Waals surface area contributed by atoms with Crippen molar-refractivity contribution in [2.45, 2.75) is 39.8 Å². The van der Waals surface area contributed by atoms with Gasteiger partial charge in [0.1, 0.15) is 16.8 Å². The van der Waals surface area contributed by atoms with Crippen LogP contribution >= 0.6 is 0 Å². The maximum atomic E-state index is 13.3. The highest BCUT2D eigenvalue weighted by atomic mass is 19.4. The summed E-state index contributed by atoms with van der Waals surface area (Å²) in [4.78, 5) is 11.4. The van der Waals surface area contributed by atoms with E-state index in [9.17, 15) is 13.2 Å². The van der Waals surface area contributed by atoms with Gasteiger partial charge in [0.05, 0.1) is 5.52 Å². The Morgan fingerprint density at radius 1 is 1.06 bits per heavy atom. The van der Waals surface area contributed by atoms with Gasteiger partial charge in [0, 0.05) is 24.0 Å². The molecule has 4 heterocycles. The number of alkyl halides is 3. The third-order valence-corrected chi connectivity index (χ3v) is 5.98. The lowest BCUT2D eigenvalue weighted by molar-refractivity contribution is -0.190. The molecule has 33 heavy (non-hydrogen) atoms. The second kappa shape index (κ2) is 7.44. The average Bonchev–Trinajstić information content (AvgIpc) is 3.17. The van der Waals surface area contributed by atoms with E-state index in [1.54, 1.807) is 12.3 Å². The molecule has 4 aromatic rings. The quantitative estimate of drug-likeness (QED) is 0.382. The zero-order valence-electron chi connectivity index (χ0n) is 18.4. The van der Waals surface area contributed by atoms with Gasteiger partial charge in [-0.15, -0.1) is 10.2 Å². The average molecular weight is 450 g/mol. The standard InChI is InChI=1S/C24H21F3N6/c1-15-30-31-22-29-21(20-19(33(15)22)10-5-13-28-20)32-14-6-8-17-16(7-4-9-18(17)32)11-12-23(2,3)24(25,26)27/h4-5,7,9-10,13H,6,8,14H2,1-3H3. The predicted molar refractivity (Wildman–Crippen MR) is 119 cm³/mol. The Balaban J connectivity index is 1.67. The van der Waals surface area contributed by atoms with E-state index in [-0.39, 0.29) is 0 Å². The van der Waals surface area contributed by atoms with E-state index in [1.807, 2.05) is 35.6 Å². The van der Waals surface area contributed by atoms with E-state index in [2.05, 4.69) is 31.9 Å². The highest BCUT2D eigenvalue weighted by molar-refractivity contribution is 5.91. The Hall–Kier alpha value is -3.67. The summed E-state index contributed by atoms with van der Waals surface area (Å²) in [6.45, 7) is 4.75. The Labute approximate surface area is 188 Å². The van der Waals surface area contributed by atoms with Crippen molar-refractivity contribution in [2.24, 2.45) is 5.41 Å². The summed E-state index contributed by atoms with van der Waals surface area (Å²) in [5.74, 6) is 7.07. The number of aryl methyl sites for hydroxylation is 1. The van der Waals surface area contributed by atoms with Gasteiger partial charge in [0.25, 0.3) is 5.78 Å². The molecule has 0 saturated carbocycles. The lowest BCUT2D eigenvalue weighted by Gasteiger charge is -2.31. The molecule has 168 valence electrons. The Morgan fingerprint density at radius 3 is 2.67 bits per heavy atom. The van der Waals surface area contributed by atoms with Crippen LogP contribution in [0, 0.1) is 24.2 Å². The van der Waals surface area contributed by atoms with Gasteiger partial charge in [-0.25, -0.2) is 0 Å². The van der Waals surface area contributed by atoms with Crippen molar-refractivity contribution in [3.63, 3.8) is 0 Å². The molecule has 0 radical (unpaired) electrons. The summed E-state index contributed by atoms with van der Waals surface area (Å²) in [6, 6.07) is 9.34. The van der Waals surface area contributed by atoms with Crippen LogP contribution in [0.4, 0.5) is 24.7 Å². The molecule has 6 nitrogen and oxygen atoms in total. The van der Waals surface area contributed by atoms with E-state index in [1.165, 1.54) is 0 Å². The number of hydrogen-bond donors (Lipinski definition) is 0. The SMILES string of the molecule is Cc1nnc2nc(N3CCCc4c(C#CC(C)(C)C(F)(F)F)cccc43)c3ncccc3n12. The number of hydrogen-bond acceptors (Lipinski definition) is 5. The van der Waals surface area contributed by atoms with Crippen molar-refractivity contribution in [3.05, 3.63) is 53.5 Å². The minimum absolute atomic E-state index is 0.470. The maximum absolute atomic E-state index is 13.3. The summed E-state index contributed by atoms with van der Waals surface area (Å²) in [6.07, 6.45) is -1.16. The van der Waals surface area contributed by atoms with Crippen LogP contribution in [0.1, 0.15) is 37.2 Å². The van der Waals surface area contributed by atoms with Crippen molar-refractivity contribution >= 4 is 28.3 Å². The van der Waals surface area contributed by atoms with Crippen LogP contribution < -0.4 is 4.90 Å². The topological polar surface area (TPSA) is 59.2 Å². The van der Waals surface area contributed by atoms with E-state index >= 15 is 0 Å². The number of anilines is 2. The highest BCUT2D eigenvalue weighted by Gasteiger charge is 2.46. The minimum Gasteiger partial charge on any atom is -0.324 e. The smallest absolute Gasteiger partial charge is 0.324 e. The van der Waals surface area contributed by atoms with E-state index < -0.39 is 11.6 Å². The largest absolute Gasteiger partial charge is 0.404 e. The molecule has 5 rings (SSSR count). The summed E-state index contributed by atoms with van der Waals surface area (Å²) in [5, 5.41) is 8.35. The number of pyridine rings is 1. The molecule has 9 heteroatoms. The van der Waals surface area contributed by atoms with Gasteiger partial charge in [-0.2, -0.15) is 18.2 Å². The Bertz CT molecular complexity index is 1440. The predicted octanol–water partition coefficient (Wildman–Crippen LogP) is 5.01. The van der Waals surface area contributed by atoms with Gasteiger partial charge in [-0.05, 0) is 63.4 Å². The Kier molecular flexibility index (Phi) is 4.78. The van der Waals surface area contributed by atoms with Crippen molar-refractivity contribution in [1.82, 2.24) is 24.6 Å². The molecule has 0 spiro atoms. The first-order valence-corrected chi connectivity index (χ1v) is 10.6. The molecule has 0 saturated heterocycles. The van der Waals surface area contributed by atoms with Crippen LogP contribution in [0.3, 0.4) is 0 Å². The molecule has 0 atom stereocenters. The van der Waals surface area contributed by atoms with Gasteiger partial charge in [0.15, 0.2) is 5.82 Å². The second-order valence-corrected chi connectivity index (χ2v) is 8.62. The van der Waals surface area contributed by atoms with Crippen molar-refractivity contribution in [3.8, 4) is 11.8 Å². The number of aromatic nitrogens is 5. The van der Waals surface area contributed by atoms with Crippen LogP contribution in [-0.2, 0) is 6.42 Å². The molecule has 0 unspecified atom stereocenters. The monoisotopic (exact) mass is 450 g/mol. The zero-order valence-corrected chi connectivity index (χ0v) is 18.4. The third kappa shape index (κ3) is 3.46. The number of fused-ring (bicyclic) bond motifs is 4. The fourth-order valence-electron chi connectivity index (χ4n) is 4.05. The molecule has 1 aromatic carbocycles. The fraction of sp³-hybridized carbons (Fsp3) is 0.333. The molecule has 1 aliphatic heterocycles.